The van der Waals surface area contributed by atoms with Gasteiger partial charge in [0.05, 0.1) is 12.6 Å². The number of ether oxygens (including phenoxy) is 1. The molecule has 1 aromatic rings. The van der Waals surface area contributed by atoms with E-state index in [0.29, 0.717) is 6.54 Å². The highest BCUT2D eigenvalue weighted by Gasteiger charge is 2.21. The third-order valence-corrected chi connectivity index (χ3v) is 3.71. The van der Waals surface area contributed by atoms with Crippen LogP contribution in [0.15, 0.2) is 23.5 Å². The maximum atomic E-state index is 12.0. The molecule has 1 heterocycles. The number of guanidine groups is 1. The molecular weight excluding hydrogens is 471 g/mol. The number of aryl methyl sites for hydroxylation is 1. The molecule has 0 saturated carbocycles. The standard InChI is InChI=1S/C19H36N6O2.HI/c1-7-20-17(21-10-8-12-25-13-9-11-23-25)22-14-16(15(2)3)24-18(26)27-19(4,5)6;/h9,11,13,15-16H,7-8,10,12,14H2,1-6H3,(H,24,26)(H2,20,21,22);1H. The maximum absolute atomic E-state index is 12.0. The van der Waals surface area contributed by atoms with E-state index in [1.807, 2.05) is 44.6 Å². The molecule has 1 aromatic heterocycles. The summed E-state index contributed by atoms with van der Waals surface area (Å²) in [6.45, 7) is 14.6. The minimum absolute atomic E-state index is 0. The molecule has 3 N–H and O–H groups in total. The Morgan fingerprint density at radius 2 is 2.00 bits per heavy atom. The Bertz CT molecular complexity index is 569. The summed E-state index contributed by atoms with van der Waals surface area (Å²) in [6.07, 6.45) is 4.27. The first-order valence-corrected chi connectivity index (χ1v) is 9.70. The molecule has 0 aliphatic rings. The lowest BCUT2D eigenvalue weighted by Crippen LogP contribution is -2.45. The molecule has 28 heavy (non-hydrogen) atoms. The highest BCUT2D eigenvalue weighted by atomic mass is 127. The van der Waals surface area contributed by atoms with Gasteiger partial charge in [0.25, 0.3) is 0 Å². The van der Waals surface area contributed by atoms with Crippen LogP contribution in [0.5, 0.6) is 0 Å². The number of hydrogen-bond donors (Lipinski definition) is 3. The van der Waals surface area contributed by atoms with Gasteiger partial charge in [-0.15, -0.1) is 24.0 Å². The number of nitrogens with zero attached hydrogens (tertiary/aromatic N) is 3. The smallest absolute Gasteiger partial charge is 0.407 e. The molecule has 0 saturated heterocycles. The van der Waals surface area contributed by atoms with Crippen LogP contribution in [-0.4, -0.2) is 53.1 Å². The fourth-order valence-electron chi connectivity index (χ4n) is 2.29. The van der Waals surface area contributed by atoms with Gasteiger partial charge in [-0.25, -0.2) is 4.79 Å². The highest BCUT2D eigenvalue weighted by molar-refractivity contribution is 14.0. The number of rotatable bonds is 9. The van der Waals surface area contributed by atoms with Gasteiger partial charge >= 0.3 is 6.09 Å². The van der Waals surface area contributed by atoms with Crippen molar-refractivity contribution in [1.82, 2.24) is 25.7 Å². The summed E-state index contributed by atoms with van der Waals surface area (Å²) in [5.41, 5.74) is -0.514. The predicted octanol–water partition coefficient (Wildman–Crippen LogP) is 3.00. The van der Waals surface area contributed by atoms with Crippen molar-refractivity contribution >= 4 is 36.0 Å². The van der Waals surface area contributed by atoms with Crippen molar-refractivity contribution in [2.24, 2.45) is 10.9 Å². The molecule has 1 rings (SSSR count). The molecule has 0 aliphatic carbocycles. The van der Waals surface area contributed by atoms with Crippen molar-refractivity contribution in [1.29, 1.82) is 0 Å². The molecule has 0 radical (unpaired) electrons. The van der Waals surface area contributed by atoms with Gasteiger partial charge in [0.1, 0.15) is 5.60 Å². The van der Waals surface area contributed by atoms with Gasteiger partial charge in [0.2, 0.25) is 0 Å². The summed E-state index contributed by atoms with van der Waals surface area (Å²) >= 11 is 0. The Kier molecular flexibility index (Phi) is 12.9. The van der Waals surface area contributed by atoms with E-state index in [1.165, 1.54) is 0 Å². The number of halogens is 1. The molecule has 162 valence electrons. The second kappa shape index (κ2) is 13.6. The molecule has 0 aromatic carbocycles. The second-order valence-electron chi connectivity index (χ2n) is 7.77. The number of nitrogens with one attached hydrogen (secondary N) is 3. The van der Waals surface area contributed by atoms with E-state index in [9.17, 15) is 4.79 Å². The normalized spacial score (nSPS) is 12.9. The quantitative estimate of drug-likeness (QED) is 0.207. The van der Waals surface area contributed by atoms with Crippen LogP contribution in [0.4, 0.5) is 4.79 Å². The number of hydrogen-bond acceptors (Lipinski definition) is 4. The predicted molar refractivity (Wildman–Crippen MR) is 124 cm³/mol. The maximum Gasteiger partial charge on any atom is 0.407 e. The third-order valence-electron chi connectivity index (χ3n) is 3.71. The second-order valence-corrected chi connectivity index (χ2v) is 7.77. The Morgan fingerprint density at radius 1 is 1.29 bits per heavy atom. The summed E-state index contributed by atoms with van der Waals surface area (Å²) in [5, 5.41) is 13.7. The van der Waals surface area contributed by atoms with Crippen molar-refractivity contribution in [2.75, 3.05) is 19.6 Å². The van der Waals surface area contributed by atoms with Crippen molar-refractivity contribution in [3.05, 3.63) is 18.5 Å². The summed E-state index contributed by atoms with van der Waals surface area (Å²) in [4.78, 5) is 16.7. The fourth-order valence-corrected chi connectivity index (χ4v) is 2.29. The summed E-state index contributed by atoms with van der Waals surface area (Å²) in [7, 11) is 0. The Hall–Kier alpha value is -1.52. The van der Waals surface area contributed by atoms with E-state index in [2.05, 4.69) is 39.9 Å². The van der Waals surface area contributed by atoms with Crippen LogP contribution in [0.2, 0.25) is 0 Å². The van der Waals surface area contributed by atoms with Gasteiger partial charge in [0.15, 0.2) is 5.96 Å². The molecule has 1 atom stereocenters. The van der Waals surface area contributed by atoms with E-state index in [1.54, 1.807) is 6.20 Å². The van der Waals surface area contributed by atoms with Crippen molar-refractivity contribution < 1.29 is 9.53 Å². The van der Waals surface area contributed by atoms with Crippen molar-refractivity contribution in [3.8, 4) is 0 Å². The molecule has 0 aliphatic heterocycles. The molecular formula is C19H37IN6O2. The van der Waals surface area contributed by atoms with Crippen LogP contribution >= 0.6 is 24.0 Å². The van der Waals surface area contributed by atoms with Crippen LogP contribution in [0, 0.1) is 5.92 Å². The van der Waals surface area contributed by atoms with Crippen LogP contribution in [0.1, 0.15) is 48.0 Å². The van der Waals surface area contributed by atoms with Gasteiger partial charge < -0.3 is 20.7 Å². The van der Waals surface area contributed by atoms with E-state index >= 15 is 0 Å². The largest absolute Gasteiger partial charge is 0.444 e. The van der Waals surface area contributed by atoms with Crippen LogP contribution in [0.3, 0.4) is 0 Å². The Balaban J connectivity index is 0.00000729. The first kappa shape index (κ1) is 26.5. The van der Waals surface area contributed by atoms with Gasteiger partial charge in [-0.3, -0.25) is 9.67 Å². The van der Waals surface area contributed by atoms with E-state index < -0.39 is 11.7 Å². The average Bonchev–Trinajstić information content (AvgIpc) is 3.06. The van der Waals surface area contributed by atoms with E-state index in [-0.39, 0.29) is 35.9 Å². The van der Waals surface area contributed by atoms with Gasteiger partial charge in [0, 0.05) is 32.0 Å². The van der Waals surface area contributed by atoms with Gasteiger partial charge in [-0.05, 0) is 46.1 Å². The SMILES string of the molecule is CCNC(=NCC(NC(=O)OC(C)(C)C)C(C)C)NCCCn1cccn1.I. The first-order valence-electron chi connectivity index (χ1n) is 9.70. The van der Waals surface area contributed by atoms with Crippen LogP contribution < -0.4 is 16.0 Å². The number of alkyl carbamates (subject to hydrolysis) is 1. The van der Waals surface area contributed by atoms with Crippen molar-refractivity contribution in [2.45, 2.75) is 66.2 Å². The Labute approximate surface area is 186 Å². The monoisotopic (exact) mass is 508 g/mol. The average molecular weight is 508 g/mol. The zero-order chi connectivity index (χ0) is 20.3. The summed E-state index contributed by atoms with van der Waals surface area (Å²) in [6, 6.07) is 1.82. The number of aliphatic imine (C=N–C) groups is 1. The lowest BCUT2D eigenvalue weighted by Gasteiger charge is -2.25. The van der Waals surface area contributed by atoms with E-state index in [4.69, 9.17) is 4.74 Å². The zero-order valence-electron chi connectivity index (χ0n) is 18.0. The zero-order valence-corrected chi connectivity index (χ0v) is 20.3. The summed E-state index contributed by atoms with van der Waals surface area (Å²) < 4.78 is 7.26. The summed E-state index contributed by atoms with van der Waals surface area (Å²) in [5.74, 6) is 0.985. The number of aromatic nitrogens is 2. The molecule has 9 heteroatoms. The molecule has 1 amide bonds. The molecule has 8 nitrogen and oxygen atoms in total. The van der Waals surface area contributed by atoms with Crippen LogP contribution in [-0.2, 0) is 11.3 Å². The number of carbonyl (C=O) groups is 1. The Morgan fingerprint density at radius 3 is 2.54 bits per heavy atom. The van der Waals surface area contributed by atoms with Gasteiger partial charge in [-0.1, -0.05) is 13.8 Å². The van der Waals surface area contributed by atoms with Crippen LogP contribution in [0.25, 0.3) is 0 Å². The number of amides is 1. The highest BCUT2D eigenvalue weighted by Crippen LogP contribution is 2.09. The topological polar surface area (TPSA) is 92.6 Å². The molecule has 0 spiro atoms. The third kappa shape index (κ3) is 12.0. The minimum Gasteiger partial charge on any atom is -0.444 e. The molecule has 0 fully saturated rings. The lowest BCUT2D eigenvalue weighted by atomic mass is 10.1. The first-order chi connectivity index (χ1) is 12.7. The minimum atomic E-state index is -0.514. The van der Waals surface area contributed by atoms with Gasteiger partial charge in [-0.2, -0.15) is 5.10 Å². The lowest BCUT2D eigenvalue weighted by molar-refractivity contribution is 0.0493. The van der Waals surface area contributed by atoms with E-state index in [0.717, 1.165) is 32.0 Å². The molecule has 1 unspecified atom stereocenters. The molecule has 0 bridgehead atoms. The number of carbonyl (C=O) groups excluding carboxylic acids is 1. The fraction of sp³-hybridized carbons (Fsp3) is 0.737. The van der Waals surface area contributed by atoms with Crippen molar-refractivity contribution in [3.63, 3.8) is 0 Å².